The first-order valence-corrected chi connectivity index (χ1v) is 0. The Morgan fingerprint density at radius 3 is 1.00 bits per heavy atom. The Hall–Kier alpha value is 0.917. The van der Waals surface area contributed by atoms with Crippen LogP contribution in [0.1, 0.15) is 0 Å². The smallest absolute Gasteiger partial charge is 0 e. The molecule has 0 aliphatic rings. The van der Waals surface area contributed by atoms with Gasteiger partial charge in [0.1, 0.15) is 0 Å². The van der Waals surface area contributed by atoms with Crippen molar-refractivity contribution in [1.82, 2.24) is 6.15 Å². The summed E-state index contributed by atoms with van der Waals surface area (Å²) in [4.78, 5) is 0. The molecule has 0 aliphatic heterocycles. The third-order valence-corrected chi connectivity index (χ3v) is 0. The van der Waals surface area contributed by atoms with Crippen molar-refractivity contribution in [2.45, 2.75) is 0 Å². The predicted molar refractivity (Wildman–Crippen MR) is 35.9 cm³/mol. The molecule has 0 aromatic rings. The van der Waals surface area contributed by atoms with Gasteiger partial charge in [0.05, 0.1) is 0 Å². The van der Waals surface area contributed by atoms with Crippen molar-refractivity contribution in [3.05, 3.63) is 0 Å². The van der Waals surface area contributed by atoms with Crippen molar-refractivity contribution >= 4 is 34.4 Å². The highest BCUT2D eigenvalue weighted by Gasteiger charge is 0.0000171. The summed E-state index contributed by atoms with van der Waals surface area (Å²) in [6.45, 7) is 0. The van der Waals surface area contributed by atoms with Crippen LogP contribution in [0.3, 0.4) is 0 Å². The van der Waals surface area contributed by atoms with Crippen LogP contribution in [0.2, 0.25) is 0 Å². The molecule has 0 spiro atoms. The van der Waals surface area contributed by atoms with Gasteiger partial charge in [0, 0.05) is 11.0 Å². The molecule has 0 bridgehead atoms. The summed E-state index contributed by atoms with van der Waals surface area (Å²) in [6.07, 6.45) is 0. The Bertz CT molecular complexity index is 11.6. The summed E-state index contributed by atoms with van der Waals surface area (Å²) in [5.74, 6) is 0. The molecular formula is H10NOPSSi. The van der Waals surface area contributed by atoms with Crippen LogP contribution in [-0.2, 0) is 0 Å². The molecule has 4 radical (unpaired) electrons. The maximum Gasteiger partial charge on any atom is 0 e. The standard InChI is InChI=1S/H3N.H2O.H3P.H2S.Si/h1H3;1H2;1H3;1H2;. The Kier molecular flexibility index (Phi) is 3050. The maximum atomic E-state index is 0. The van der Waals surface area contributed by atoms with Crippen molar-refractivity contribution < 1.29 is 5.48 Å². The molecule has 36 valence electrons. The first kappa shape index (κ1) is 170. The molecule has 0 amide bonds. The average Bonchev–Trinajstić information content (AvgIpc) is 0. The van der Waals surface area contributed by atoms with Crippen LogP contribution < -0.4 is 6.15 Å². The Morgan fingerprint density at radius 2 is 1.00 bits per heavy atom. The highest BCUT2D eigenvalue weighted by molar-refractivity contribution is 7.59. The summed E-state index contributed by atoms with van der Waals surface area (Å²) in [6, 6.07) is 0. The van der Waals surface area contributed by atoms with Crippen molar-refractivity contribution in [1.29, 1.82) is 0 Å². The van der Waals surface area contributed by atoms with Gasteiger partial charge in [0.2, 0.25) is 0 Å². The Balaban J connectivity index is 0. The highest BCUT2D eigenvalue weighted by Crippen LogP contribution is 0.861. The minimum Gasteiger partial charge on any atom is -0.412 e. The second-order valence-corrected chi connectivity index (χ2v) is 0. The van der Waals surface area contributed by atoms with E-state index in [1.54, 1.807) is 0 Å². The summed E-state index contributed by atoms with van der Waals surface area (Å²) in [5.41, 5.74) is 0. The van der Waals surface area contributed by atoms with Crippen LogP contribution in [0.15, 0.2) is 0 Å². The molecule has 0 heterocycles. The Morgan fingerprint density at radius 1 is 1.00 bits per heavy atom. The van der Waals surface area contributed by atoms with Gasteiger partial charge in [-0.15, -0.1) is 0 Å². The van der Waals surface area contributed by atoms with Gasteiger partial charge in [-0.25, -0.2) is 0 Å². The van der Waals surface area contributed by atoms with E-state index in [1.807, 2.05) is 0 Å². The van der Waals surface area contributed by atoms with Gasteiger partial charge in [0.25, 0.3) is 0 Å². The summed E-state index contributed by atoms with van der Waals surface area (Å²) in [5, 5.41) is 0. The molecule has 5 N–H and O–H groups in total. The lowest BCUT2D eigenvalue weighted by atomic mass is 14.0. The molecule has 5 heteroatoms. The van der Waals surface area contributed by atoms with E-state index in [2.05, 4.69) is 0 Å². The van der Waals surface area contributed by atoms with Crippen molar-refractivity contribution in [2.24, 2.45) is 0 Å². The van der Waals surface area contributed by atoms with Gasteiger partial charge in [-0.05, 0) is 0 Å². The minimum atomic E-state index is 0. The summed E-state index contributed by atoms with van der Waals surface area (Å²) < 4.78 is 0. The number of rotatable bonds is 0. The molecule has 0 fully saturated rings. The van der Waals surface area contributed by atoms with Crippen molar-refractivity contribution in [3.8, 4) is 0 Å². The molecule has 0 aromatic heterocycles. The average molecular weight is 131 g/mol. The monoisotopic (exact) mass is 131 g/mol. The van der Waals surface area contributed by atoms with Gasteiger partial charge in [-0.1, -0.05) is 0 Å². The van der Waals surface area contributed by atoms with E-state index in [4.69, 9.17) is 0 Å². The SMILES string of the molecule is N.O.P.S.[Si]. The fourth-order valence-electron chi connectivity index (χ4n) is 0. The summed E-state index contributed by atoms with van der Waals surface area (Å²) >= 11 is 0. The van der Waals surface area contributed by atoms with E-state index >= 15 is 0 Å². The van der Waals surface area contributed by atoms with Crippen LogP contribution in [0.4, 0.5) is 0 Å². The number of hydrogen-bond donors (Lipinski definition) is 1. The first-order chi connectivity index (χ1) is 0. The lowest BCUT2D eigenvalue weighted by Gasteiger charge is -0.412. The maximum absolute atomic E-state index is 0. The molecule has 5 heavy (non-hydrogen) atoms. The number of hydrogen-bond acceptors (Lipinski definition) is 1. The fourth-order valence-corrected chi connectivity index (χ4v) is 0. The van der Waals surface area contributed by atoms with E-state index in [9.17, 15) is 0 Å². The lowest BCUT2D eigenvalue weighted by Crippen LogP contribution is -0.481. The normalized spacial score (nSPS) is 0. The van der Waals surface area contributed by atoms with Gasteiger partial charge in [-0.3, -0.25) is 0 Å². The van der Waals surface area contributed by atoms with Gasteiger partial charge >= 0.3 is 0 Å². The predicted octanol–water partition coefficient (Wildman–Crippen LogP) is -0.873. The molecule has 0 saturated carbocycles. The molecule has 0 rings (SSSR count). The molecule has 2 nitrogen and oxygen atoms in total. The molecule has 0 aliphatic carbocycles. The molecular weight excluding hydrogens is 121 g/mol. The van der Waals surface area contributed by atoms with Crippen LogP contribution in [0.5, 0.6) is 0 Å². The van der Waals surface area contributed by atoms with E-state index in [1.165, 1.54) is 0 Å². The fraction of sp³-hybridized carbons (Fsp3) is 0. The first-order valence-electron chi connectivity index (χ1n) is 0. The van der Waals surface area contributed by atoms with Crippen molar-refractivity contribution in [2.75, 3.05) is 0 Å². The third-order valence-electron chi connectivity index (χ3n) is 0. The Labute approximate surface area is 46.7 Å². The zero-order valence-electron chi connectivity index (χ0n) is 2.91. The van der Waals surface area contributed by atoms with Gasteiger partial charge < -0.3 is 11.6 Å². The largest absolute Gasteiger partial charge is 0.412 e. The molecule has 0 aromatic carbocycles. The molecule has 1 unspecified atom stereocenters. The summed E-state index contributed by atoms with van der Waals surface area (Å²) in [7, 11) is 0. The second kappa shape index (κ2) is 89.7. The van der Waals surface area contributed by atoms with Crippen LogP contribution in [-0.4, -0.2) is 16.4 Å². The lowest BCUT2D eigenvalue weighted by molar-refractivity contribution is 0.824. The van der Waals surface area contributed by atoms with E-state index in [0.29, 0.717) is 0 Å². The van der Waals surface area contributed by atoms with E-state index < -0.39 is 0 Å². The third kappa shape index (κ3) is 49.8. The van der Waals surface area contributed by atoms with Crippen LogP contribution in [0, 0.1) is 0 Å². The van der Waals surface area contributed by atoms with E-state index in [-0.39, 0.29) is 46.0 Å². The second-order valence-electron chi connectivity index (χ2n) is 0. The van der Waals surface area contributed by atoms with Crippen molar-refractivity contribution in [3.63, 3.8) is 0 Å². The van der Waals surface area contributed by atoms with Gasteiger partial charge in [-0.2, -0.15) is 23.4 Å². The van der Waals surface area contributed by atoms with Crippen LogP contribution in [0.25, 0.3) is 0 Å². The molecule has 0 saturated heterocycles. The van der Waals surface area contributed by atoms with Crippen LogP contribution >= 0.6 is 23.4 Å². The zero-order chi connectivity index (χ0) is 0. The minimum absolute atomic E-state index is 0. The zero-order valence-corrected chi connectivity index (χ0v) is 6.33. The topological polar surface area (TPSA) is 66.5 Å². The van der Waals surface area contributed by atoms with Gasteiger partial charge in [0.15, 0.2) is 0 Å². The quantitative estimate of drug-likeness (QED) is 0.337. The molecule has 1 atom stereocenters. The highest BCUT2D eigenvalue weighted by atomic mass is 32.1. The van der Waals surface area contributed by atoms with E-state index in [0.717, 1.165) is 0 Å².